The van der Waals surface area contributed by atoms with E-state index in [2.05, 4.69) is 52.5 Å². The van der Waals surface area contributed by atoms with Gasteiger partial charge < -0.3 is 4.57 Å². The standard InChI is InChI=1S/C16H12N2/c1-2-6-15-12(4-1)9-11-18(15)16-7-3-5-14-13(16)8-10-17-14/h2-7,9,11H,8,10H2. The normalized spacial score (nSPS) is 13.6. The molecule has 0 aliphatic carbocycles. The van der Waals surface area contributed by atoms with E-state index in [0.29, 0.717) is 0 Å². The fraction of sp³-hybridized carbons (Fsp3) is 0.125. The number of fused-ring (bicyclic) bond motifs is 2. The third-order valence-corrected chi connectivity index (χ3v) is 3.56. The van der Waals surface area contributed by atoms with Crippen molar-refractivity contribution in [2.45, 2.75) is 6.42 Å². The summed E-state index contributed by atoms with van der Waals surface area (Å²) in [5.41, 5.74) is 5.00. The van der Waals surface area contributed by atoms with E-state index in [1.807, 2.05) is 12.1 Å². The van der Waals surface area contributed by atoms with Crippen molar-refractivity contribution in [2.24, 2.45) is 0 Å². The summed E-state index contributed by atoms with van der Waals surface area (Å²) in [6.07, 6.45) is 3.18. The van der Waals surface area contributed by atoms with E-state index in [0.717, 1.165) is 18.7 Å². The van der Waals surface area contributed by atoms with Gasteiger partial charge in [-0.2, -0.15) is 0 Å². The average molecular weight is 232 g/mol. The first-order chi connectivity index (χ1) is 8.93. The first-order valence-corrected chi connectivity index (χ1v) is 6.20. The highest BCUT2D eigenvalue weighted by atomic mass is 15.0. The summed E-state index contributed by atoms with van der Waals surface area (Å²) in [7, 11) is 0. The SMILES string of the molecule is [c]1ccc2c(c1)ccn2-c1cccc2c1CC[N]2. The molecule has 0 atom stereocenters. The minimum Gasteiger partial charge on any atom is -0.316 e. The molecule has 2 nitrogen and oxygen atoms in total. The van der Waals surface area contributed by atoms with Gasteiger partial charge in [0.25, 0.3) is 0 Å². The van der Waals surface area contributed by atoms with Gasteiger partial charge in [-0.05, 0) is 42.8 Å². The van der Waals surface area contributed by atoms with E-state index in [9.17, 15) is 0 Å². The molecule has 86 valence electrons. The Labute approximate surface area is 106 Å². The smallest absolute Gasteiger partial charge is 0.0627 e. The molecule has 0 saturated heterocycles. The summed E-state index contributed by atoms with van der Waals surface area (Å²) >= 11 is 0. The van der Waals surface area contributed by atoms with Crippen LogP contribution in [0, 0.1) is 6.07 Å². The highest BCUT2D eigenvalue weighted by molar-refractivity contribution is 5.82. The first kappa shape index (κ1) is 9.77. The third kappa shape index (κ3) is 1.29. The van der Waals surface area contributed by atoms with Gasteiger partial charge in [0.2, 0.25) is 0 Å². The van der Waals surface area contributed by atoms with Crippen LogP contribution in [0.3, 0.4) is 0 Å². The second kappa shape index (κ2) is 3.64. The second-order valence-corrected chi connectivity index (χ2v) is 4.58. The maximum atomic E-state index is 4.53. The highest BCUT2D eigenvalue weighted by Gasteiger charge is 2.16. The molecule has 2 heterocycles. The molecule has 3 aromatic rings. The topological polar surface area (TPSA) is 19.0 Å². The molecular weight excluding hydrogens is 220 g/mol. The van der Waals surface area contributed by atoms with Gasteiger partial charge in [0.05, 0.1) is 16.9 Å². The van der Waals surface area contributed by atoms with Crippen LogP contribution >= 0.6 is 0 Å². The number of nitrogens with zero attached hydrogens (tertiary/aromatic N) is 2. The lowest BCUT2D eigenvalue weighted by Gasteiger charge is -2.10. The molecule has 2 radical (unpaired) electrons. The molecule has 4 rings (SSSR count). The van der Waals surface area contributed by atoms with Crippen LogP contribution in [0.1, 0.15) is 5.56 Å². The Morgan fingerprint density at radius 2 is 2.17 bits per heavy atom. The minimum absolute atomic E-state index is 0.916. The van der Waals surface area contributed by atoms with E-state index in [1.165, 1.54) is 22.2 Å². The lowest BCUT2D eigenvalue weighted by atomic mass is 10.1. The summed E-state index contributed by atoms with van der Waals surface area (Å²) in [6.45, 7) is 0.916. The van der Waals surface area contributed by atoms with Crippen LogP contribution in [-0.2, 0) is 6.42 Å². The van der Waals surface area contributed by atoms with Crippen LogP contribution < -0.4 is 5.32 Å². The molecule has 0 unspecified atom stereocenters. The second-order valence-electron chi connectivity index (χ2n) is 4.58. The fourth-order valence-electron chi connectivity index (χ4n) is 2.71. The molecule has 0 spiro atoms. The zero-order valence-electron chi connectivity index (χ0n) is 9.93. The van der Waals surface area contributed by atoms with E-state index in [-0.39, 0.29) is 0 Å². The van der Waals surface area contributed by atoms with Gasteiger partial charge in [-0.1, -0.05) is 12.1 Å². The van der Waals surface area contributed by atoms with Crippen LogP contribution in [0.2, 0.25) is 0 Å². The molecule has 0 bridgehead atoms. The van der Waals surface area contributed by atoms with Gasteiger partial charge in [0.15, 0.2) is 0 Å². The summed E-state index contributed by atoms with van der Waals surface area (Å²) in [6, 6.07) is 17.7. The maximum absolute atomic E-state index is 4.53. The van der Waals surface area contributed by atoms with Crippen molar-refractivity contribution in [3.63, 3.8) is 0 Å². The zero-order valence-corrected chi connectivity index (χ0v) is 9.93. The monoisotopic (exact) mass is 232 g/mol. The molecule has 0 saturated carbocycles. The Hall–Kier alpha value is -2.22. The Balaban J connectivity index is 2.01. The molecular formula is C16H12N2. The van der Waals surface area contributed by atoms with Crippen molar-refractivity contribution in [1.29, 1.82) is 0 Å². The largest absolute Gasteiger partial charge is 0.316 e. The summed E-state index contributed by atoms with van der Waals surface area (Å²) in [5, 5.41) is 5.76. The number of benzene rings is 2. The molecule has 2 aromatic carbocycles. The summed E-state index contributed by atoms with van der Waals surface area (Å²) in [5.74, 6) is 0. The lowest BCUT2D eigenvalue weighted by molar-refractivity contribution is 0.906. The van der Waals surface area contributed by atoms with Crippen LogP contribution in [-0.4, -0.2) is 11.1 Å². The van der Waals surface area contributed by atoms with E-state index in [4.69, 9.17) is 0 Å². The van der Waals surface area contributed by atoms with Crippen LogP contribution in [0.15, 0.2) is 48.7 Å². The molecule has 0 fully saturated rings. The quantitative estimate of drug-likeness (QED) is 0.613. The Morgan fingerprint density at radius 3 is 3.17 bits per heavy atom. The lowest BCUT2D eigenvalue weighted by Crippen LogP contribution is -1.96. The number of rotatable bonds is 1. The Morgan fingerprint density at radius 1 is 1.17 bits per heavy atom. The van der Waals surface area contributed by atoms with Crippen molar-refractivity contribution >= 4 is 16.6 Å². The van der Waals surface area contributed by atoms with Crippen LogP contribution in [0.25, 0.3) is 16.6 Å². The van der Waals surface area contributed by atoms with Crippen LogP contribution in [0.4, 0.5) is 5.69 Å². The van der Waals surface area contributed by atoms with E-state index in [1.54, 1.807) is 0 Å². The predicted molar refractivity (Wildman–Crippen MR) is 72.5 cm³/mol. The molecule has 1 aliphatic rings. The molecule has 0 amide bonds. The van der Waals surface area contributed by atoms with Gasteiger partial charge in [-0.3, -0.25) is 5.32 Å². The predicted octanol–water partition coefficient (Wildman–Crippen LogP) is 3.22. The average Bonchev–Trinajstić information content (AvgIpc) is 3.05. The maximum Gasteiger partial charge on any atom is 0.0627 e. The minimum atomic E-state index is 0.916. The van der Waals surface area contributed by atoms with Gasteiger partial charge in [-0.15, -0.1) is 0 Å². The van der Waals surface area contributed by atoms with Gasteiger partial charge in [-0.25, -0.2) is 0 Å². The first-order valence-electron chi connectivity index (χ1n) is 6.20. The van der Waals surface area contributed by atoms with Crippen molar-refractivity contribution in [3.05, 3.63) is 60.3 Å². The molecule has 18 heavy (non-hydrogen) atoms. The highest BCUT2D eigenvalue weighted by Crippen LogP contribution is 2.30. The Kier molecular flexibility index (Phi) is 1.97. The molecule has 1 aromatic heterocycles. The summed E-state index contributed by atoms with van der Waals surface area (Å²) < 4.78 is 2.25. The van der Waals surface area contributed by atoms with Gasteiger partial charge in [0, 0.05) is 23.7 Å². The van der Waals surface area contributed by atoms with E-state index >= 15 is 0 Å². The van der Waals surface area contributed by atoms with Gasteiger partial charge in [0.1, 0.15) is 0 Å². The fourth-order valence-corrected chi connectivity index (χ4v) is 2.71. The van der Waals surface area contributed by atoms with Crippen LogP contribution in [0.5, 0.6) is 0 Å². The molecule has 0 N–H and O–H groups in total. The molecule has 2 heteroatoms. The van der Waals surface area contributed by atoms with Crippen molar-refractivity contribution in [2.75, 3.05) is 6.54 Å². The Bertz CT molecular complexity index is 725. The summed E-state index contributed by atoms with van der Waals surface area (Å²) in [4.78, 5) is 0. The van der Waals surface area contributed by atoms with Gasteiger partial charge >= 0.3 is 0 Å². The number of hydrogen-bond acceptors (Lipinski definition) is 0. The van der Waals surface area contributed by atoms with E-state index < -0.39 is 0 Å². The number of hydrogen-bond donors (Lipinski definition) is 0. The zero-order chi connectivity index (χ0) is 11.9. The van der Waals surface area contributed by atoms with Crippen molar-refractivity contribution in [3.8, 4) is 5.69 Å². The number of aromatic nitrogens is 1. The van der Waals surface area contributed by atoms with Crippen molar-refractivity contribution < 1.29 is 0 Å². The molecule has 1 aliphatic heterocycles. The van der Waals surface area contributed by atoms with Crippen molar-refractivity contribution in [1.82, 2.24) is 9.88 Å². The third-order valence-electron chi connectivity index (χ3n) is 3.56.